The maximum Gasteiger partial charge on any atom is 0.141 e. The topological polar surface area (TPSA) is 17.8 Å². The summed E-state index contributed by atoms with van der Waals surface area (Å²) in [6.07, 6.45) is 5.55. The summed E-state index contributed by atoms with van der Waals surface area (Å²) in [5.74, 6) is 1.34. The van der Waals surface area contributed by atoms with Crippen LogP contribution in [0.1, 0.15) is 24.7 Å². The number of imidazole rings is 1. The van der Waals surface area contributed by atoms with Crippen molar-refractivity contribution in [3.63, 3.8) is 0 Å². The molecule has 48 heavy (non-hydrogen) atoms. The number of para-hydroxylation sites is 3. The van der Waals surface area contributed by atoms with E-state index in [1.807, 2.05) is 0 Å². The molecule has 0 fully saturated rings. The van der Waals surface area contributed by atoms with Gasteiger partial charge in [0.2, 0.25) is 0 Å². The lowest BCUT2D eigenvalue weighted by Crippen LogP contribution is -2.08. The summed E-state index contributed by atoms with van der Waals surface area (Å²) in [6, 6.07) is 56.8. The van der Waals surface area contributed by atoms with Crippen molar-refractivity contribution in [2.45, 2.75) is 13.3 Å². The fraction of sp³-hybridized carbons (Fsp3) is 0.0652. The lowest BCUT2D eigenvalue weighted by Gasteiger charge is -2.24. The molecule has 1 atom stereocenters. The minimum atomic E-state index is 0.320. The SMILES string of the molecule is CC1CC(c2nc3ccccc3n2-c2ccccc2)=CC=C1c1ccc2c(-c3ccccc3)c3ccccc3c(-c3ccccc3)c2c1. The molecule has 1 unspecified atom stereocenters. The van der Waals surface area contributed by atoms with E-state index in [1.165, 1.54) is 60.5 Å². The van der Waals surface area contributed by atoms with Gasteiger partial charge >= 0.3 is 0 Å². The largest absolute Gasteiger partial charge is 0.293 e. The summed E-state index contributed by atoms with van der Waals surface area (Å²) in [4.78, 5) is 5.16. The first kappa shape index (κ1) is 28.3. The molecule has 1 heterocycles. The van der Waals surface area contributed by atoms with E-state index in [0.717, 1.165) is 29.0 Å². The van der Waals surface area contributed by atoms with Crippen LogP contribution >= 0.6 is 0 Å². The average molecular weight is 615 g/mol. The van der Waals surface area contributed by atoms with Gasteiger partial charge < -0.3 is 0 Å². The molecule has 0 N–H and O–H groups in total. The molecule has 0 amide bonds. The number of allylic oxidation sites excluding steroid dienone is 4. The van der Waals surface area contributed by atoms with E-state index in [4.69, 9.17) is 4.98 Å². The van der Waals surface area contributed by atoms with Crippen molar-refractivity contribution in [1.29, 1.82) is 0 Å². The summed E-state index contributed by atoms with van der Waals surface area (Å²) >= 11 is 0. The number of rotatable bonds is 5. The number of aromatic nitrogens is 2. The zero-order valence-electron chi connectivity index (χ0n) is 26.8. The third kappa shape index (κ3) is 4.68. The van der Waals surface area contributed by atoms with Crippen molar-refractivity contribution in [2.75, 3.05) is 0 Å². The van der Waals surface area contributed by atoms with E-state index in [1.54, 1.807) is 0 Å². The van der Waals surface area contributed by atoms with Crippen LogP contribution in [0.2, 0.25) is 0 Å². The molecule has 1 aliphatic carbocycles. The zero-order valence-corrected chi connectivity index (χ0v) is 26.8. The Hall–Kier alpha value is -5.99. The van der Waals surface area contributed by atoms with Crippen LogP contribution in [0.3, 0.4) is 0 Å². The Kier molecular flexibility index (Phi) is 6.87. The van der Waals surface area contributed by atoms with Gasteiger partial charge in [0, 0.05) is 5.69 Å². The number of hydrogen-bond donors (Lipinski definition) is 0. The summed E-state index contributed by atoms with van der Waals surface area (Å²) in [5.41, 5.74) is 12.2. The van der Waals surface area contributed by atoms with Crippen molar-refractivity contribution < 1.29 is 0 Å². The minimum absolute atomic E-state index is 0.320. The van der Waals surface area contributed by atoms with Gasteiger partial charge in [-0.15, -0.1) is 0 Å². The standard InChI is InChI=1S/C46H34N2/c1-31-29-35(46-47-42-23-13-14-24-43(42)48(46)36-19-9-4-10-20-36)26-27-37(31)34-25-28-40-41(30-34)45(33-17-7-3-8-18-33)39-22-12-11-21-38(39)44(40)32-15-5-2-6-16-32/h2-28,30-31H,29H2,1H3. The minimum Gasteiger partial charge on any atom is -0.293 e. The second-order valence-electron chi connectivity index (χ2n) is 12.8. The second kappa shape index (κ2) is 11.7. The molecule has 8 aromatic rings. The number of fused-ring (bicyclic) bond motifs is 3. The molecule has 0 spiro atoms. The third-order valence-corrected chi connectivity index (χ3v) is 9.87. The van der Waals surface area contributed by atoms with Crippen LogP contribution in [0.15, 0.2) is 170 Å². The van der Waals surface area contributed by atoms with Crippen LogP contribution in [0.25, 0.3) is 71.7 Å². The highest BCUT2D eigenvalue weighted by Gasteiger charge is 2.24. The van der Waals surface area contributed by atoms with Crippen molar-refractivity contribution in [2.24, 2.45) is 5.92 Å². The van der Waals surface area contributed by atoms with E-state index >= 15 is 0 Å². The van der Waals surface area contributed by atoms with Gasteiger partial charge in [-0.05, 0) is 103 Å². The molecule has 228 valence electrons. The highest BCUT2D eigenvalue weighted by molar-refractivity contribution is 6.21. The first-order valence-corrected chi connectivity index (χ1v) is 16.8. The van der Waals surface area contributed by atoms with Gasteiger partial charge in [0.25, 0.3) is 0 Å². The van der Waals surface area contributed by atoms with E-state index in [9.17, 15) is 0 Å². The summed E-state index contributed by atoms with van der Waals surface area (Å²) in [7, 11) is 0. The second-order valence-corrected chi connectivity index (χ2v) is 12.8. The van der Waals surface area contributed by atoms with Gasteiger partial charge in [-0.1, -0.05) is 146 Å². The molecule has 1 aromatic heterocycles. The Bertz CT molecular complexity index is 2520. The van der Waals surface area contributed by atoms with Crippen molar-refractivity contribution >= 4 is 43.7 Å². The van der Waals surface area contributed by atoms with Gasteiger partial charge in [0.1, 0.15) is 5.82 Å². The maximum atomic E-state index is 5.16. The van der Waals surface area contributed by atoms with Gasteiger partial charge in [-0.2, -0.15) is 0 Å². The van der Waals surface area contributed by atoms with Gasteiger partial charge in [-0.25, -0.2) is 4.98 Å². The summed E-state index contributed by atoms with van der Waals surface area (Å²) in [6.45, 7) is 2.35. The van der Waals surface area contributed by atoms with E-state index in [2.05, 4.69) is 181 Å². The molecule has 9 rings (SSSR count). The quantitative estimate of drug-likeness (QED) is 0.176. The van der Waals surface area contributed by atoms with Crippen molar-refractivity contribution in [1.82, 2.24) is 9.55 Å². The van der Waals surface area contributed by atoms with Gasteiger partial charge in [-0.3, -0.25) is 4.57 Å². The normalized spacial score (nSPS) is 14.7. The van der Waals surface area contributed by atoms with Crippen molar-refractivity contribution in [3.05, 3.63) is 181 Å². The van der Waals surface area contributed by atoms with Crippen LogP contribution < -0.4 is 0 Å². The number of benzene rings is 7. The van der Waals surface area contributed by atoms with Crippen LogP contribution in [0.4, 0.5) is 0 Å². The molecule has 0 aliphatic heterocycles. The lowest BCUT2D eigenvalue weighted by molar-refractivity contribution is 0.763. The van der Waals surface area contributed by atoms with Crippen LogP contribution in [-0.2, 0) is 0 Å². The summed E-state index contributed by atoms with van der Waals surface area (Å²) in [5, 5.41) is 5.12. The first-order chi connectivity index (χ1) is 23.7. The highest BCUT2D eigenvalue weighted by Crippen LogP contribution is 2.45. The molecule has 7 aromatic carbocycles. The molecule has 1 aliphatic rings. The van der Waals surface area contributed by atoms with Crippen molar-refractivity contribution in [3.8, 4) is 27.9 Å². The smallest absolute Gasteiger partial charge is 0.141 e. The number of nitrogens with zero attached hydrogens (tertiary/aromatic N) is 2. The fourth-order valence-corrected chi connectivity index (χ4v) is 7.68. The Morgan fingerprint density at radius 1 is 0.521 bits per heavy atom. The first-order valence-electron chi connectivity index (χ1n) is 16.8. The molecule has 0 saturated heterocycles. The number of hydrogen-bond acceptors (Lipinski definition) is 1. The average Bonchev–Trinajstić information content (AvgIpc) is 3.54. The molecule has 0 bridgehead atoms. The Morgan fingerprint density at radius 2 is 1.08 bits per heavy atom. The van der Waals surface area contributed by atoms with E-state index in [-0.39, 0.29) is 0 Å². The summed E-state index contributed by atoms with van der Waals surface area (Å²) < 4.78 is 2.31. The van der Waals surface area contributed by atoms with Gasteiger partial charge in [0.05, 0.1) is 11.0 Å². The van der Waals surface area contributed by atoms with Crippen LogP contribution in [0.5, 0.6) is 0 Å². The molecular formula is C46H34N2. The molecule has 2 heteroatoms. The monoisotopic (exact) mass is 614 g/mol. The van der Waals surface area contributed by atoms with Crippen LogP contribution in [0, 0.1) is 5.92 Å². The highest BCUT2D eigenvalue weighted by atomic mass is 15.1. The molecular weight excluding hydrogens is 581 g/mol. The van der Waals surface area contributed by atoms with Crippen LogP contribution in [-0.4, -0.2) is 9.55 Å². The Balaban J connectivity index is 1.24. The predicted octanol–water partition coefficient (Wildman–Crippen LogP) is 12.2. The Labute approximate surface area is 281 Å². The Morgan fingerprint density at radius 3 is 1.75 bits per heavy atom. The molecule has 0 saturated carbocycles. The fourth-order valence-electron chi connectivity index (χ4n) is 7.68. The lowest BCUT2D eigenvalue weighted by atomic mass is 9.81. The third-order valence-electron chi connectivity index (χ3n) is 9.87. The predicted molar refractivity (Wildman–Crippen MR) is 203 cm³/mol. The van der Waals surface area contributed by atoms with E-state index in [0.29, 0.717) is 5.92 Å². The van der Waals surface area contributed by atoms with Gasteiger partial charge in [0.15, 0.2) is 0 Å². The maximum absolute atomic E-state index is 5.16. The molecule has 2 nitrogen and oxygen atoms in total. The zero-order chi connectivity index (χ0) is 32.0. The van der Waals surface area contributed by atoms with E-state index < -0.39 is 0 Å². The molecule has 0 radical (unpaired) electrons.